The largest absolute Gasteiger partial charge is 0.276 e. The first-order chi connectivity index (χ1) is 7.52. The van der Waals surface area contributed by atoms with E-state index < -0.39 is 0 Å². The van der Waals surface area contributed by atoms with E-state index in [1.165, 1.54) is 5.01 Å². The molecule has 0 bridgehead atoms. The molecule has 0 spiro atoms. The Labute approximate surface area is 101 Å². The molecule has 2 aliphatic heterocycles. The van der Waals surface area contributed by atoms with Gasteiger partial charge in [-0.15, -0.1) is 0 Å². The number of carbonyl (C=O) groups is 2. The maximum Gasteiger partial charge on any atom is 0.276 e. The molecule has 2 heterocycles. The fourth-order valence-corrected chi connectivity index (χ4v) is 2.31. The Hall–Kier alpha value is -1.20. The molecule has 0 aliphatic carbocycles. The Balaban J connectivity index is 2.03. The van der Waals surface area contributed by atoms with E-state index >= 15 is 0 Å². The molecule has 2 unspecified atom stereocenters. The van der Waals surface area contributed by atoms with Crippen LogP contribution in [-0.2, 0) is 0 Å². The smallest absolute Gasteiger partial charge is 0.267 e. The van der Waals surface area contributed by atoms with Crippen LogP contribution < -0.4 is 0 Å². The molecule has 1 aromatic rings. The Morgan fingerprint density at radius 1 is 1.19 bits per heavy atom. The summed E-state index contributed by atoms with van der Waals surface area (Å²) in [6, 6.07) is 6.90. The summed E-state index contributed by atoms with van der Waals surface area (Å²) in [7, 11) is 0. The van der Waals surface area contributed by atoms with E-state index in [1.807, 2.05) is 6.92 Å². The molecule has 1 aromatic carbocycles. The highest BCUT2D eigenvalue weighted by molar-refractivity contribution is 9.10. The summed E-state index contributed by atoms with van der Waals surface area (Å²) in [6.07, 6.45) is 0. The fourth-order valence-electron chi connectivity index (χ4n) is 1.91. The fraction of sp³-hybridized carbons (Fsp3) is 0.273. The number of halogens is 1. The van der Waals surface area contributed by atoms with Crippen molar-refractivity contribution < 1.29 is 9.59 Å². The van der Waals surface area contributed by atoms with Crippen LogP contribution in [0.3, 0.4) is 0 Å². The van der Waals surface area contributed by atoms with Crippen molar-refractivity contribution in [3.8, 4) is 0 Å². The number of hydrazine groups is 1. The molecule has 16 heavy (non-hydrogen) atoms. The quantitative estimate of drug-likeness (QED) is 0.340. The van der Waals surface area contributed by atoms with Gasteiger partial charge in [0.15, 0.2) is 0 Å². The van der Waals surface area contributed by atoms with Crippen molar-refractivity contribution in [1.82, 2.24) is 10.0 Å². The first kappa shape index (κ1) is 9.99. The van der Waals surface area contributed by atoms with Gasteiger partial charge in [0.1, 0.15) is 4.45 Å². The number of imide groups is 1. The van der Waals surface area contributed by atoms with Crippen LogP contribution in [0.5, 0.6) is 0 Å². The topological polar surface area (TPSA) is 40.4 Å². The summed E-state index contributed by atoms with van der Waals surface area (Å²) in [5.74, 6) is -0.465. The Bertz CT molecular complexity index is 477. The monoisotopic (exact) mass is 280 g/mol. The molecule has 2 atom stereocenters. The first-order valence-electron chi connectivity index (χ1n) is 4.97. The summed E-state index contributed by atoms with van der Waals surface area (Å²) >= 11 is 3.44. The lowest BCUT2D eigenvalue weighted by atomic mass is 10.1. The number of amides is 2. The lowest BCUT2D eigenvalue weighted by Crippen LogP contribution is -2.37. The van der Waals surface area contributed by atoms with Gasteiger partial charge in [-0.3, -0.25) is 9.59 Å². The van der Waals surface area contributed by atoms with E-state index in [0.717, 1.165) is 0 Å². The molecule has 1 saturated heterocycles. The average molecular weight is 281 g/mol. The first-order valence-corrected chi connectivity index (χ1v) is 5.76. The molecule has 0 aromatic heterocycles. The summed E-state index contributed by atoms with van der Waals surface area (Å²) in [4.78, 5) is 24.0. The van der Waals surface area contributed by atoms with Crippen LogP contribution in [-0.4, -0.2) is 32.8 Å². The molecule has 5 heteroatoms. The number of nitrogens with zero attached hydrogens (tertiary/aromatic N) is 2. The minimum Gasteiger partial charge on any atom is -0.267 e. The summed E-state index contributed by atoms with van der Waals surface area (Å²) in [6.45, 7) is 2.59. The van der Waals surface area contributed by atoms with Crippen LogP contribution >= 0.6 is 15.9 Å². The van der Waals surface area contributed by atoms with Gasteiger partial charge in [0.05, 0.1) is 17.7 Å². The number of alkyl halides is 1. The zero-order chi connectivity index (χ0) is 11.5. The van der Waals surface area contributed by atoms with E-state index in [-0.39, 0.29) is 16.3 Å². The zero-order valence-electron chi connectivity index (χ0n) is 8.61. The standard InChI is InChI=1S/C11H9BrN2O2/c1-11(12)6-13(11)14-9(15)7-4-2-3-5-8(7)10(14)16/h2-5H,6H2,1H3. The van der Waals surface area contributed by atoms with Crippen LogP contribution in [0.25, 0.3) is 0 Å². The number of hydrogen-bond acceptors (Lipinski definition) is 3. The Kier molecular flexibility index (Phi) is 1.83. The SMILES string of the molecule is CC1(Br)CN1N1C(=O)c2ccccc2C1=O. The molecule has 0 saturated carbocycles. The van der Waals surface area contributed by atoms with E-state index in [2.05, 4.69) is 15.9 Å². The normalized spacial score (nSPS) is 31.9. The minimum absolute atomic E-state index is 0.233. The van der Waals surface area contributed by atoms with Crippen LogP contribution in [0.2, 0.25) is 0 Å². The minimum atomic E-state index is -0.264. The maximum absolute atomic E-state index is 12.0. The van der Waals surface area contributed by atoms with Gasteiger partial charge < -0.3 is 0 Å². The van der Waals surface area contributed by atoms with Crippen molar-refractivity contribution in [3.05, 3.63) is 35.4 Å². The summed E-state index contributed by atoms with van der Waals surface area (Å²) in [5.41, 5.74) is 0.977. The van der Waals surface area contributed by atoms with Gasteiger partial charge in [0, 0.05) is 0 Å². The predicted molar refractivity (Wildman–Crippen MR) is 61.0 cm³/mol. The number of benzene rings is 1. The number of fused-ring (bicyclic) bond motifs is 1. The van der Waals surface area contributed by atoms with Gasteiger partial charge in [-0.1, -0.05) is 28.1 Å². The van der Waals surface area contributed by atoms with Crippen LogP contribution in [0.15, 0.2) is 24.3 Å². The van der Waals surface area contributed by atoms with Crippen LogP contribution in [0.4, 0.5) is 0 Å². The number of rotatable bonds is 1. The molecule has 2 amide bonds. The molecule has 3 rings (SSSR count). The lowest BCUT2D eigenvalue weighted by Gasteiger charge is -2.16. The Morgan fingerprint density at radius 3 is 2.00 bits per heavy atom. The number of carbonyl (C=O) groups excluding carboxylic acids is 2. The highest BCUT2D eigenvalue weighted by Crippen LogP contribution is 2.42. The molecular weight excluding hydrogens is 272 g/mol. The Morgan fingerprint density at radius 2 is 1.62 bits per heavy atom. The van der Waals surface area contributed by atoms with E-state index in [4.69, 9.17) is 0 Å². The zero-order valence-corrected chi connectivity index (χ0v) is 10.2. The molecule has 0 N–H and O–H groups in total. The molecule has 82 valence electrons. The van der Waals surface area contributed by atoms with Crippen LogP contribution in [0.1, 0.15) is 27.6 Å². The van der Waals surface area contributed by atoms with Crippen molar-refractivity contribution in [3.63, 3.8) is 0 Å². The second-order valence-electron chi connectivity index (χ2n) is 4.17. The van der Waals surface area contributed by atoms with Gasteiger partial charge in [-0.05, 0) is 19.1 Å². The maximum atomic E-state index is 12.0. The van der Waals surface area contributed by atoms with Crippen LogP contribution in [0, 0.1) is 0 Å². The third kappa shape index (κ3) is 1.18. The van der Waals surface area contributed by atoms with Crippen molar-refractivity contribution in [1.29, 1.82) is 0 Å². The van der Waals surface area contributed by atoms with Crippen molar-refractivity contribution in [2.75, 3.05) is 6.54 Å². The van der Waals surface area contributed by atoms with Gasteiger partial charge in [0.2, 0.25) is 0 Å². The van der Waals surface area contributed by atoms with Gasteiger partial charge in [0.25, 0.3) is 11.8 Å². The number of hydrogen-bond donors (Lipinski definition) is 0. The lowest BCUT2D eigenvalue weighted by molar-refractivity contribution is 0.0366. The second-order valence-corrected chi connectivity index (χ2v) is 5.88. The van der Waals surface area contributed by atoms with Crippen molar-refractivity contribution >= 4 is 27.7 Å². The predicted octanol–water partition coefficient (Wildman–Crippen LogP) is 1.62. The third-order valence-electron chi connectivity index (χ3n) is 2.89. The van der Waals surface area contributed by atoms with E-state index in [9.17, 15) is 9.59 Å². The van der Waals surface area contributed by atoms with Crippen molar-refractivity contribution in [2.45, 2.75) is 11.4 Å². The molecule has 2 aliphatic rings. The second kappa shape index (κ2) is 2.93. The molecular formula is C11H9BrN2O2. The van der Waals surface area contributed by atoms with Gasteiger partial charge in [-0.2, -0.15) is 5.01 Å². The molecule has 1 fully saturated rings. The van der Waals surface area contributed by atoms with Gasteiger partial charge in [-0.25, -0.2) is 5.01 Å². The van der Waals surface area contributed by atoms with Crippen molar-refractivity contribution in [2.24, 2.45) is 0 Å². The summed E-state index contributed by atoms with van der Waals surface area (Å²) < 4.78 is -0.264. The van der Waals surface area contributed by atoms with E-state index in [0.29, 0.717) is 17.7 Å². The van der Waals surface area contributed by atoms with Gasteiger partial charge >= 0.3 is 0 Å². The molecule has 4 nitrogen and oxygen atoms in total. The highest BCUT2D eigenvalue weighted by atomic mass is 79.9. The third-order valence-corrected chi connectivity index (χ3v) is 3.55. The van der Waals surface area contributed by atoms with E-state index in [1.54, 1.807) is 29.3 Å². The molecule has 0 radical (unpaired) electrons. The average Bonchev–Trinajstić information content (AvgIpc) is 2.78. The highest BCUT2D eigenvalue weighted by Gasteiger charge is 2.55. The summed E-state index contributed by atoms with van der Waals surface area (Å²) in [5, 5.41) is 2.94.